The van der Waals surface area contributed by atoms with Gasteiger partial charge in [-0.05, 0) is 53.5 Å². The number of benzene rings is 2. The molecule has 1 N–H and O–H groups in total. The van der Waals surface area contributed by atoms with Gasteiger partial charge in [-0.3, -0.25) is 4.79 Å². The highest BCUT2D eigenvalue weighted by atomic mass is 16.5. The topological polar surface area (TPSA) is 64.2 Å². The number of fused-ring (bicyclic) bond motifs is 1. The lowest BCUT2D eigenvalue weighted by Crippen LogP contribution is -2.08. The zero-order valence-corrected chi connectivity index (χ0v) is 15.2. The molecule has 3 rings (SSSR count). The Morgan fingerprint density at radius 1 is 1.19 bits per heavy atom. The van der Waals surface area contributed by atoms with E-state index in [4.69, 9.17) is 9.47 Å². The van der Waals surface area contributed by atoms with Crippen LogP contribution in [-0.4, -0.2) is 30.2 Å². The van der Waals surface area contributed by atoms with E-state index in [0.29, 0.717) is 6.42 Å². The highest BCUT2D eigenvalue weighted by molar-refractivity contribution is 5.84. The summed E-state index contributed by atoms with van der Waals surface area (Å²) in [5, 5.41) is 0. The number of carbonyl (C=O) groups excluding carboxylic acids is 1. The summed E-state index contributed by atoms with van der Waals surface area (Å²) in [6.45, 7) is 6.12. The molecule has 134 valence electrons. The fraction of sp³-hybridized carbons (Fsp3) is 0.238. The van der Waals surface area contributed by atoms with Crippen molar-refractivity contribution in [2.24, 2.45) is 5.92 Å². The number of nitrogens with zero attached hydrogens (tertiary/aromatic N) is 1. The van der Waals surface area contributed by atoms with E-state index < -0.39 is 0 Å². The summed E-state index contributed by atoms with van der Waals surface area (Å²) in [5.41, 5.74) is 4.69. The van der Waals surface area contributed by atoms with Crippen LogP contribution in [0.3, 0.4) is 0 Å². The van der Waals surface area contributed by atoms with E-state index >= 15 is 0 Å². The Hall–Kier alpha value is -3.08. The number of methoxy groups -OCH3 is 2. The second-order valence-electron chi connectivity index (χ2n) is 6.25. The van der Waals surface area contributed by atoms with Gasteiger partial charge in [0.1, 0.15) is 11.6 Å². The van der Waals surface area contributed by atoms with Crippen molar-refractivity contribution in [3.05, 3.63) is 54.6 Å². The average Bonchev–Trinajstić information content (AvgIpc) is 3.10. The monoisotopic (exact) mass is 350 g/mol. The third-order valence-corrected chi connectivity index (χ3v) is 4.51. The van der Waals surface area contributed by atoms with E-state index in [1.165, 1.54) is 7.11 Å². The van der Waals surface area contributed by atoms with Crippen LogP contribution >= 0.6 is 0 Å². The molecule has 1 atom stereocenters. The number of esters is 1. The minimum absolute atomic E-state index is 0.00359. The summed E-state index contributed by atoms with van der Waals surface area (Å²) in [5.74, 6) is 1.38. The van der Waals surface area contributed by atoms with Crippen molar-refractivity contribution < 1.29 is 14.3 Å². The fourth-order valence-electron chi connectivity index (χ4n) is 2.84. The number of ether oxygens (including phenoxy) is 2. The number of nitrogens with one attached hydrogen (secondary N) is 1. The molecule has 26 heavy (non-hydrogen) atoms. The summed E-state index contributed by atoms with van der Waals surface area (Å²) >= 11 is 0. The predicted octanol–water partition coefficient (Wildman–Crippen LogP) is 4.45. The molecule has 1 aromatic heterocycles. The van der Waals surface area contributed by atoms with Crippen molar-refractivity contribution in [3.63, 3.8) is 0 Å². The molecule has 1 unspecified atom stereocenters. The van der Waals surface area contributed by atoms with Gasteiger partial charge in [-0.2, -0.15) is 0 Å². The van der Waals surface area contributed by atoms with Gasteiger partial charge in [-0.25, -0.2) is 4.98 Å². The van der Waals surface area contributed by atoms with Crippen LogP contribution in [0.1, 0.15) is 18.9 Å². The van der Waals surface area contributed by atoms with E-state index in [9.17, 15) is 4.79 Å². The van der Waals surface area contributed by atoms with Crippen molar-refractivity contribution in [2.45, 2.75) is 13.3 Å². The van der Waals surface area contributed by atoms with Crippen LogP contribution in [0, 0.1) is 5.92 Å². The number of aromatic amines is 1. The lowest BCUT2D eigenvalue weighted by Gasteiger charge is -2.13. The predicted molar refractivity (Wildman–Crippen MR) is 103 cm³/mol. The number of imidazole rings is 1. The fourth-order valence-corrected chi connectivity index (χ4v) is 2.84. The summed E-state index contributed by atoms with van der Waals surface area (Å²) in [7, 11) is 3.04. The quantitative estimate of drug-likeness (QED) is 0.667. The summed E-state index contributed by atoms with van der Waals surface area (Å²) in [6, 6.07) is 13.7. The average molecular weight is 350 g/mol. The van der Waals surface area contributed by atoms with E-state index in [1.807, 2.05) is 49.4 Å². The maximum Gasteiger partial charge on any atom is 0.306 e. The van der Waals surface area contributed by atoms with Gasteiger partial charge in [-0.1, -0.05) is 19.6 Å². The summed E-state index contributed by atoms with van der Waals surface area (Å²) < 4.78 is 9.93. The van der Waals surface area contributed by atoms with Crippen LogP contribution in [0.5, 0.6) is 5.75 Å². The SMILES string of the molecule is C=C(c1ccc2nc(-c3ccc(OC)cc3)[nH]c2c1)C(C)CC(=O)OC. The minimum Gasteiger partial charge on any atom is -0.497 e. The van der Waals surface area contributed by atoms with Crippen LogP contribution in [0.4, 0.5) is 0 Å². The maximum absolute atomic E-state index is 11.5. The lowest BCUT2D eigenvalue weighted by molar-refractivity contribution is -0.141. The van der Waals surface area contributed by atoms with Crippen LogP contribution < -0.4 is 4.74 Å². The number of hydrogen-bond acceptors (Lipinski definition) is 4. The Balaban J connectivity index is 1.87. The molecule has 0 bridgehead atoms. The van der Waals surface area contributed by atoms with E-state index in [0.717, 1.165) is 39.3 Å². The number of rotatable bonds is 6. The molecule has 5 heteroatoms. The van der Waals surface area contributed by atoms with Crippen LogP contribution in [0.2, 0.25) is 0 Å². The molecule has 0 saturated heterocycles. The molecule has 0 fully saturated rings. The Kier molecular flexibility index (Phi) is 5.07. The molecule has 0 amide bonds. The first kappa shape index (κ1) is 17.7. The highest BCUT2D eigenvalue weighted by Crippen LogP contribution is 2.28. The van der Waals surface area contributed by atoms with Crippen molar-refractivity contribution in [1.29, 1.82) is 0 Å². The van der Waals surface area contributed by atoms with Gasteiger partial charge in [0.15, 0.2) is 0 Å². The van der Waals surface area contributed by atoms with Crippen molar-refractivity contribution in [1.82, 2.24) is 9.97 Å². The normalized spacial score (nSPS) is 12.0. The molecule has 0 aliphatic carbocycles. The van der Waals surface area contributed by atoms with Crippen LogP contribution in [0.25, 0.3) is 28.0 Å². The van der Waals surface area contributed by atoms with Gasteiger partial charge in [0.2, 0.25) is 0 Å². The molecule has 0 aliphatic heterocycles. The van der Waals surface area contributed by atoms with Gasteiger partial charge in [-0.15, -0.1) is 0 Å². The van der Waals surface area contributed by atoms with Gasteiger partial charge in [0, 0.05) is 5.56 Å². The Bertz CT molecular complexity index is 942. The number of aromatic nitrogens is 2. The van der Waals surface area contributed by atoms with E-state index in [-0.39, 0.29) is 11.9 Å². The number of hydrogen-bond donors (Lipinski definition) is 1. The first-order chi connectivity index (χ1) is 12.5. The minimum atomic E-state index is -0.233. The molecule has 2 aromatic carbocycles. The third-order valence-electron chi connectivity index (χ3n) is 4.51. The first-order valence-electron chi connectivity index (χ1n) is 8.42. The van der Waals surface area contributed by atoms with Crippen LogP contribution in [0.15, 0.2) is 49.0 Å². The van der Waals surface area contributed by atoms with Crippen LogP contribution in [-0.2, 0) is 9.53 Å². The van der Waals surface area contributed by atoms with Gasteiger partial charge in [0.05, 0.1) is 31.7 Å². The standard InChI is InChI=1S/C21H22N2O3/c1-13(11-20(24)26-4)14(2)16-7-10-18-19(12-16)23-21(22-18)15-5-8-17(25-3)9-6-15/h5-10,12-13H,2,11H2,1,3-4H3,(H,22,23). The van der Waals surface area contributed by atoms with E-state index in [1.54, 1.807) is 7.11 Å². The van der Waals surface area contributed by atoms with E-state index in [2.05, 4.69) is 16.5 Å². The highest BCUT2D eigenvalue weighted by Gasteiger charge is 2.15. The summed E-state index contributed by atoms with van der Waals surface area (Å²) in [4.78, 5) is 19.5. The van der Waals surface area contributed by atoms with Crippen molar-refractivity contribution >= 4 is 22.6 Å². The number of carbonyl (C=O) groups is 1. The van der Waals surface area contributed by atoms with Gasteiger partial charge >= 0.3 is 5.97 Å². The van der Waals surface area contributed by atoms with Crippen molar-refractivity contribution in [2.75, 3.05) is 14.2 Å². The molecule has 1 heterocycles. The molecule has 0 spiro atoms. The van der Waals surface area contributed by atoms with Gasteiger partial charge < -0.3 is 14.5 Å². The second kappa shape index (κ2) is 7.44. The van der Waals surface area contributed by atoms with Gasteiger partial charge in [0.25, 0.3) is 0 Å². The Morgan fingerprint density at radius 2 is 1.92 bits per heavy atom. The lowest BCUT2D eigenvalue weighted by atomic mass is 9.92. The first-order valence-corrected chi connectivity index (χ1v) is 8.42. The molecular weight excluding hydrogens is 328 g/mol. The Labute approximate surface area is 152 Å². The maximum atomic E-state index is 11.5. The molecule has 0 radical (unpaired) electrons. The summed E-state index contributed by atoms with van der Waals surface area (Å²) in [6.07, 6.45) is 0.313. The third kappa shape index (κ3) is 3.61. The van der Waals surface area contributed by atoms with Crippen molar-refractivity contribution in [3.8, 4) is 17.1 Å². The second-order valence-corrected chi connectivity index (χ2v) is 6.25. The molecular formula is C21H22N2O3. The zero-order chi connectivity index (χ0) is 18.7. The molecule has 5 nitrogen and oxygen atoms in total. The zero-order valence-electron chi connectivity index (χ0n) is 15.2. The smallest absolute Gasteiger partial charge is 0.306 e. The molecule has 0 aliphatic rings. The largest absolute Gasteiger partial charge is 0.497 e. The number of allylic oxidation sites excluding steroid dienone is 1. The number of H-pyrrole nitrogens is 1. The molecule has 0 saturated carbocycles. The molecule has 3 aromatic rings. The Morgan fingerprint density at radius 3 is 2.58 bits per heavy atom.